The number of fused-ring (bicyclic) bond motifs is 1. The van der Waals surface area contributed by atoms with Crippen LogP contribution in [-0.4, -0.2) is 74.8 Å². The van der Waals surface area contributed by atoms with Gasteiger partial charge in [0.1, 0.15) is 5.75 Å². The number of amides is 1. The van der Waals surface area contributed by atoms with Crippen LogP contribution in [0.15, 0.2) is 53.4 Å². The molecule has 0 aromatic heterocycles. The van der Waals surface area contributed by atoms with Crippen LogP contribution in [0.3, 0.4) is 0 Å². The Kier molecular flexibility index (Phi) is 7.36. The molecule has 2 aromatic carbocycles. The van der Waals surface area contributed by atoms with Crippen LogP contribution in [-0.2, 0) is 21.2 Å². The molecule has 1 amide bonds. The van der Waals surface area contributed by atoms with Gasteiger partial charge in [0.25, 0.3) is 0 Å². The Morgan fingerprint density at radius 2 is 1.76 bits per heavy atom. The number of ether oxygens (including phenoxy) is 1. The highest BCUT2D eigenvalue weighted by atomic mass is 32.2. The summed E-state index contributed by atoms with van der Waals surface area (Å²) in [5, 5.41) is 0. The quantitative estimate of drug-likeness (QED) is 0.621. The first-order chi connectivity index (χ1) is 15.9. The van der Waals surface area contributed by atoms with Gasteiger partial charge >= 0.3 is 0 Å². The molecule has 1 atom stereocenters. The zero-order valence-electron chi connectivity index (χ0n) is 19.4. The fourth-order valence-electron chi connectivity index (χ4n) is 4.76. The smallest absolute Gasteiger partial charge is 0.243 e. The van der Waals surface area contributed by atoms with Gasteiger partial charge in [-0.25, -0.2) is 8.42 Å². The zero-order valence-corrected chi connectivity index (χ0v) is 20.3. The number of carbonyl (C=O) groups is 1. The maximum atomic E-state index is 13.0. The van der Waals surface area contributed by atoms with E-state index < -0.39 is 10.0 Å². The first-order valence-electron chi connectivity index (χ1n) is 11.7. The third-order valence-corrected chi connectivity index (χ3v) is 8.57. The molecular formula is C25H33N3O4S. The van der Waals surface area contributed by atoms with Gasteiger partial charge in [-0.2, -0.15) is 4.31 Å². The monoisotopic (exact) mass is 471 g/mol. The summed E-state index contributed by atoms with van der Waals surface area (Å²) in [7, 11) is -1.67. The van der Waals surface area contributed by atoms with Crippen molar-refractivity contribution in [3.63, 3.8) is 0 Å². The van der Waals surface area contributed by atoms with Crippen LogP contribution < -0.4 is 4.74 Å². The van der Waals surface area contributed by atoms with E-state index in [4.69, 9.17) is 4.74 Å². The molecule has 8 heteroatoms. The van der Waals surface area contributed by atoms with Gasteiger partial charge in [-0.3, -0.25) is 9.69 Å². The Labute approximate surface area is 197 Å². The van der Waals surface area contributed by atoms with Crippen molar-refractivity contribution >= 4 is 15.9 Å². The Bertz CT molecular complexity index is 1060. The van der Waals surface area contributed by atoms with Gasteiger partial charge in [-0.05, 0) is 61.6 Å². The van der Waals surface area contributed by atoms with Crippen LogP contribution in [0, 0.1) is 0 Å². The van der Waals surface area contributed by atoms with Crippen LogP contribution in [0.2, 0.25) is 0 Å². The minimum Gasteiger partial charge on any atom is -0.494 e. The van der Waals surface area contributed by atoms with Gasteiger partial charge in [0, 0.05) is 33.2 Å². The van der Waals surface area contributed by atoms with Gasteiger partial charge in [-0.15, -0.1) is 0 Å². The maximum absolute atomic E-state index is 13.0. The summed E-state index contributed by atoms with van der Waals surface area (Å²) in [5.74, 6) is 0.740. The molecule has 0 N–H and O–H groups in total. The third kappa shape index (κ3) is 5.23. The van der Waals surface area contributed by atoms with E-state index in [0.29, 0.717) is 45.1 Å². The van der Waals surface area contributed by atoms with Crippen molar-refractivity contribution in [3.8, 4) is 5.75 Å². The summed E-state index contributed by atoms with van der Waals surface area (Å²) < 4.78 is 32.9. The van der Waals surface area contributed by atoms with Crippen LogP contribution in [0.5, 0.6) is 5.75 Å². The van der Waals surface area contributed by atoms with E-state index in [1.165, 1.54) is 15.4 Å². The van der Waals surface area contributed by atoms with E-state index in [9.17, 15) is 13.2 Å². The lowest BCUT2D eigenvalue weighted by Gasteiger charge is -2.37. The molecule has 33 heavy (non-hydrogen) atoms. The van der Waals surface area contributed by atoms with Crippen molar-refractivity contribution in [2.45, 2.75) is 37.1 Å². The standard InChI is InChI=1S/C25H33N3O4S/c1-3-32-21-11-13-22(14-12-21)33(30,31)28-17-15-27(16-18-28)19-25(29)26(2)24-10-6-8-20-7-4-5-9-23(20)24/h4-5,7,9,11-14,24H,3,6,8,10,15-19H2,1-2H3. The number of benzene rings is 2. The molecule has 0 bridgehead atoms. The Balaban J connectivity index is 1.33. The van der Waals surface area contributed by atoms with Gasteiger partial charge in [0.2, 0.25) is 15.9 Å². The number of rotatable bonds is 7. The molecule has 1 saturated heterocycles. The van der Waals surface area contributed by atoms with Gasteiger partial charge in [0.05, 0.1) is 24.1 Å². The Hall–Kier alpha value is -2.42. The first-order valence-corrected chi connectivity index (χ1v) is 13.1. The highest BCUT2D eigenvalue weighted by Crippen LogP contribution is 2.33. The number of piperazine rings is 1. The minimum atomic E-state index is -3.56. The van der Waals surface area contributed by atoms with Crippen LogP contribution >= 0.6 is 0 Å². The summed E-state index contributed by atoms with van der Waals surface area (Å²) in [6, 6.07) is 15.1. The lowest BCUT2D eigenvalue weighted by molar-refractivity contribution is -0.133. The molecule has 1 heterocycles. The van der Waals surface area contributed by atoms with E-state index in [1.807, 2.05) is 24.9 Å². The van der Waals surface area contributed by atoms with Crippen LogP contribution in [0.25, 0.3) is 0 Å². The van der Waals surface area contributed by atoms with Gasteiger partial charge in [0.15, 0.2) is 0 Å². The molecule has 1 unspecified atom stereocenters. The fraction of sp³-hybridized carbons (Fsp3) is 0.480. The van der Waals surface area contributed by atoms with E-state index in [-0.39, 0.29) is 16.8 Å². The Morgan fingerprint density at radius 3 is 2.45 bits per heavy atom. The predicted molar refractivity (Wildman–Crippen MR) is 128 cm³/mol. The topological polar surface area (TPSA) is 70.2 Å². The SMILES string of the molecule is CCOc1ccc(S(=O)(=O)N2CCN(CC(=O)N(C)C3CCCc4ccccc43)CC2)cc1. The van der Waals surface area contributed by atoms with Crippen molar-refractivity contribution in [1.29, 1.82) is 0 Å². The number of sulfonamides is 1. The highest BCUT2D eigenvalue weighted by molar-refractivity contribution is 7.89. The molecule has 2 aliphatic rings. The molecule has 0 saturated carbocycles. The molecular weight excluding hydrogens is 438 g/mol. The second-order valence-corrected chi connectivity index (χ2v) is 10.6. The second kappa shape index (κ2) is 10.2. The zero-order chi connectivity index (χ0) is 23.4. The third-order valence-electron chi connectivity index (χ3n) is 6.66. The average Bonchev–Trinajstić information content (AvgIpc) is 2.84. The lowest BCUT2D eigenvalue weighted by atomic mass is 9.87. The molecule has 1 fully saturated rings. The fourth-order valence-corrected chi connectivity index (χ4v) is 6.18. The Morgan fingerprint density at radius 1 is 1.06 bits per heavy atom. The van der Waals surface area contributed by atoms with E-state index in [0.717, 1.165) is 19.3 Å². The lowest BCUT2D eigenvalue weighted by Crippen LogP contribution is -2.51. The van der Waals surface area contributed by atoms with Crippen molar-refractivity contribution in [2.75, 3.05) is 46.4 Å². The average molecular weight is 472 g/mol. The molecule has 0 radical (unpaired) electrons. The summed E-state index contributed by atoms with van der Waals surface area (Å²) in [4.78, 5) is 17.2. The molecule has 4 rings (SSSR count). The number of hydrogen-bond donors (Lipinski definition) is 0. The number of carbonyl (C=O) groups excluding carboxylic acids is 1. The van der Waals surface area contributed by atoms with Gasteiger partial charge < -0.3 is 9.64 Å². The summed E-state index contributed by atoms with van der Waals surface area (Å²) >= 11 is 0. The van der Waals surface area contributed by atoms with Crippen LogP contribution in [0.4, 0.5) is 0 Å². The molecule has 1 aliphatic carbocycles. The number of likely N-dealkylation sites (N-methyl/N-ethyl adjacent to an activating group) is 1. The molecule has 2 aromatic rings. The van der Waals surface area contributed by atoms with Crippen molar-refractivity contribution < 1.29 is 17.9 Å². The summed E-state index contributed by atoms with van der Waals surface area (Å²) in [6.45, 7) is 4.56. The van der Waals surface area contributed by atoms with E-state index >= 15 is 0 Å². The van der Waals surface area contributed by atoms with Crippen molar-refractivity contribution in [1.82, 2.24) is 14.1 Å². The summed E-state index contributed by atoms with van der Waals surface area (Å²) in [6.07, 6.45) is 3.13. The van der Waals surface area contributed by atoms with Crippen molar-refractivity contribution in [2.24, 2.45) is 0 Å². The maximum Gasteiger partial charge on any atom is 0.243 e. The molecule has 1 aliphatic heterocycles. The molecule has 0 spiro atoms. The first kappa shape index (κ1) is 23.7. The second-order valence-electron chi connectivity index (χ2n) is 8.70. The predicted octanol–water partition coefficient (Wildman–Crippen LogP) is 2.93. The van der Waals surface area contributed by atoms with Crippen molar-refractivity contribution in [3.05, 3.63) is 59.7 Å². The minimum absolute atomic E-state index is 0.0829. The van der Waals surface area contributed by atoms with Crippen LogP contribution in [0.1, 0.15) is 36.9 Å². The largest absolute Gasteiger partial charge is 0.494 e. The molecule has 178 valence electrons. The molecule has 7 nitrogen and oxygen atoms in total. The number of nitrogens with zero attached hydrogens (tertiary/aromatic N) is 3. The van der Waals surface area contributed by atoms with E-state index in [1.54, 1.807) is 24.3 Å². The summed E-state index contributed by atoms with van der Waals surface area (Å²) in [5.41, 5.74) is 2.59. The van der Waals surface area contributed by atoms with E-state index in [2.05, 4.69) is 23.1 Å². The van der Waals surface area contributed by atoms with Gasteiger partial charge in [-0.1, -0.05) is 24.3 Å². The number of hydrogen-bond acceptors (Lipinski definition) is 5. The number of aryl methyl sites for hydroxylation is 1. The normalized spacial score (nSPS) is 19.6. The highest BCUT2D eigenvalue weighted by Gasteiger charge is 2.31.